The fraction of sp³-hybridized carbons (Fsp3) is 0.675. The molecular formula is C40H66O12S. The van der Waals surface area contributed by atoms with Crippen molar-refractivity contribution in [2.75, 3.05) is 26.4 Å². The minimum atomic E-state index is -5.06. The Morgan fingerprint density at radius 2 is 1.28 bits per heavy atom. The van der Waals surface area contributed by atoms with Crippen molar-refractivity contribution in [3.8, 4) is 0 Å². The van der Waals surface area contributed by atoms with Crippen LogP contribution in [0.25, 0.3) is 0 Å². The Hall–Kier alpha value is -2.46. The van der Waals surface area contributed by atoms with Crippen LogP contribution in [0.1, 0.15) is 110 Å². The zero-order valence-electron chi connectivity index (χ0n) is 31.8. The highest BCUT2D eigenvalue weighted by Gasteiger charge is 2.48. The summed E-state index contributed by atoms with van der Waals surface area (Å²) in [4.78, 5) is 12.6. The number of esters is 1. The number of aliphatic hydroxyl groups excluding tert-OH is 3. The van der Waals surface area contributed by atoms with Crippen LogP contribution in [0.2, 0.25) is 0 Å². The summed E-state index contributed by atoms with van der Waals surface area (Å²) in [7, 11) is -5.06. The lowest BCUT2D eigenvalue weighted by molar-refractivity contribution is -0.301. The van der Waals surface area contributed by atoms with Crippen molar-refractivity contribution < 1.29 is 56.2 Å². The number of carbonyl (C=O) groups is 1. The second-order valence-corrected chi connectivity index (χ2v) is 13.8. The second kappa shape index (κ2) is 31.8. The molecule has 1 aliphatic heterocycles. The van der Waals surface area contributed by atoms with Gasteiger partial charge < -0.3 is 34.3 Å². The number of ether oxygens (including phenoxy) is 4. The number of rotatable bonds is 31. The highest BCUT2D eigenvalue weighted by molar-refractivity contribution is 7.80. The number of hydrogen-bond acceptors (Lipinski definition) is 11. The lowest BCUT2D eigenvalue weighted by atomic mass is 9.99. The number of hydrogen-bond donors (Lipinski definition) is 4. The van der Waals surface area contributed by atoms with E-state index in [0.29, 0.717) is 13.0 Å². The first-order valence-corrected chi connectivity index (χ1v) is 20.6. The predicted octanol–water partition coefficient (Wildman–Crippen LogP) is 6.79. The van der Waals surface area contributed by atoms with Crippen LogP contribution >= 0.6 is 0 Å². The van der Waals surface area contributed by atoms with Crippen molar-refractivity contribution in [2.24, 2.45) is 0 Å². The van der Waals surface area contributed by atoms with Gasteiger partial charge in [0.05, 0.1) is 19.8 Å². The normalized spacial score (nSPS) is 22.1. The van der Waals surface area contributed by atoms with Gasteiger partial charge in [0, 0.05) is 13.0 Å². The number of allylic oxidation sites excluding steroid dienone is 12. The van der Waals surface area contributed by atoms with E-state index < -0.39 is 59.8 Å². The summed E-state index contributed by atoms with van der Waals surface area (Å²) < 4.78 is 58.5. The van der Waals surface area contributed by atoms with E-state index in [-0.39, 0.29) is 19.6 Å². The molecule has 0 aliphatic carbocycles. The molecule has 0 saturated carbocycles. The van der Waals surface area contributed by atoms with Gasteiger partial charge in [-0.05, 0) is 57.8 Å². The first-order chi connectivity index (χ1) is 25.6. The molecule has 1 fully saturated rings. The van der Waals surface area contributed by atoms with Crippen LogP contribution in [0, 0.1) is 0 Å². The van der Waals surface area contributed by atoms with E-state index in [1.807, 2.05) is 0 Å². The van der Waals surface area contributed by atoms with E-state index in [4.69, 9.17) is 23.5 Å². The summed E-state index contributed by atoms with van der Waals surface area (Å²) in [5, 5.41) is 30.4. The molecule has 13 heteroatoms. The molecule has 1 aliphatic rings. The molecule has 53 heavy (non-hydrogen) atoms. The number of unbranched alkanes of at least 4 members (excludes halogenated alkanes) is 6. The van der Waals surface area contributed by atoms with Crippen molar-refractivity contribution in [2.45, 2.75) is 147 Å². The molecule has 0 radical (unpaired) electrons. The summed E-state index contributed by atoms with van der Waals surface area (Å²) in [6, 6.07) is 0. The van der Waals surface area contributed by atoms with Crippen LogP contribution in [-0.4, -0.2) is 97.5 Å². The van der Waals surface area contributed by atoms with E-state index in [9.17, 15) is 28.5 Å². The van der Waals surface area contributed by atoms with Crippen molar-refractivity contribution in [3.63, 3.8) is 0 Å². The predicted molar refractivity (Wildman–Crippen MR) is 206 cm³/mol. The van der Waals surface area contributed by atoms with E-state index in [1.165, 1.54) is 0 Å². The molecule has 0 aromatic carbocycles. The molecule has 1 saturated heterocycles. The average Bonchev–Trinajstić information content (AvgIpc) is 3.12. The molecule has 0 aromatic heterocycles. The summed E-state index contributed by atoms with van der Waals surface area (Å²) in [6.45, 7) is 3.60. The first-order valence-electron chi connectivity index (χ1n) is 19.2. The molecular weight excluding hydrogens is 704 g/mol. The van der Waals surface area contributed by atoms with Crippen LogP contribution in [0.3, 0.4) is 0 Å². The maximum Gasteiger partial charge on any atom is 0.397 e. The maximum absolute atomic E-state index is 12.6. The lowest BCUT2D eigenvalue weighted by Gasteiger charge is -2.41. The summed E-state index contributed by atoms with van der Waals surface area (Å²) in [5.41, 5.74) is 0. The van der Waals surface area contributed by atoms with Crippen LogP contribution < -0.4 is 0 Å². The van der Waals surface area contributed by atoms with Gasteiger partial charge in [-0.25, -0.2) is 4.18 Å². The SMILES string of the molecule is CC/C=C\C/C=C\C/C=C\C/C=C\C/C=C\C/C=C\CCCOCC(COC1OC(CO)C(O)C(OS(=O)(=O)O)C1O)OC(=O)CCCCCCCC. The quantitative estimate of drug-likeness (QED) is 0.0252. The third kappa shape index (κ3) is 26.1. The third-order valence-electron chi connectivity index (χ3n) is 8.09. The molecule has 1 rings (SSSR count). The summed E-state index contributed by atoms with van der Waals surface area (Å²) >= 11 is 0. The van der Waals surface area contributed by atoms with Crippen molar-refractivity contribution in [1.29, 1.82) is 0 Å². The van der Waals surface area contributed by atoms with Gasteiger partial charge in [0.25, 0.3) is 0 Å². The number of aliphatic hydroxyl groups is 3. The molecule has 0 aromatic rings. The van der Waals surface area contributed by atoms with E-state index >= 15 is 0 Å². The van der Waals surface area contributed by atoms with E-state index in [1.54, 1.807) is 0 Å². The van der Waals surface area contributed by atoms with Gasteiger partial charge in [-0.2, -0.15) is 8.42 Å². The fourth-order valence-electron chi connectivity index (χ4n) is 5.22. The Bertz CT molecular complexity index is 1210. The molecule has 4 N–H and O–H groups in total. The highest BCUT2D eigenvalue weighted by Crippen LogP contribution is 2.26. The molecule has 0 spiro atoms. The van der Waals surface area contributed by atoms with Crippen LogP contribution in [0.5, 0.6) is 0 Å². The molecule has 0 amide bonds. The summed E-state index contributed by atoms with van der Waals surface area (Å²) in [6.07, 6.45) is 30.0. The minimum Gasteiger partial charge on any atom is -0.457 e. The van der Waals surface area contributed by atoms with Gasteiger partial charge in [-0.15, -0.1) is 0 Å². The van der Waals surface area contributed by atoms with Crippen molar-refractivity contribution in [1.82, 2.24) is 0 Å². The minimum absolute atomic E-state index is 0.00813. The van der Waals surface area contributed by atoms with Crippen molar-refractivity contribution >= 4 is 16.4 Å². The Balaban J connectivity index is 2.47. The van der Waals surface area contributed by atoms with Gasteiger partial charge in [0.15, 0.2) is 6.29 Å². The Morgan fingerprint density at radius 3 is 1.83 bits per heavy atom. The first kappa shape index (κ1) is 48.6. The standard InChI is InChI=1S/C40H66O12S/c1-3-5-7-9-11-12-13-14-15-16-17-18-19-20-21-22-23-24-26-28-30-48-32-34(50-36(42)29-27-25-10-8-6-4-2)33-49-40-38(44)39(52-53(45,46)47)37(43)35(31-41)51-40/h5,7,11-12,14-15,17-18,20-21,23-24,34-35,37-41,43-44H,3-4,6,8-10,13,16,19,22,25-33H2,1-2H3,(H,45,46,47)/b7-5-,12-11-,15-14-,18-17-,21-20-,24-23-. The molecule has 6 unspecified atom stereocenters. The molecule has 304 valence electrons. The molecule has 1 heterocycles. The zero-order valence-corrected chi connectivity index (χ0v) is 32.6. The lowest BCUT2D eigenvalue weighted by Crippen LogP contribution is -2.60. The molecule has 6 atom stereocenters. The molecule has 12 nitrogen and oxygen atoms in total. The van der Waals surface area contributed by atoms with Crippen molar-refractivity contribution in [3.05, 3.63) is 72.9 Å². The van der Waals surface area contributed by atoms with Gasteiger partial charge in [0.1, 0.15) is 30.5 Å². The van der Waals surface area contributed by atoms with Crippen LogP contribution in [-0.2, 0) is 38.3 Å². The Morgan fingerprint density at radius 1 is 0.736 bits per heavy atom. The van der Waals surface area contributed by atoms with E-state index in [0.717, 1.165) is 83.5 Å². The van der Waals surface area contributed by atoms with Gasteiger partial charge in [-0.3, -0.25) is 9.35 Å². The Labute approximate surface area is 318 Å². The zero-order chi connectivity index (χ0) is 39.0. The van der Waals surface area contributed by atoms with Gasteiger partial charge in [-0.1, -0.05) is 119 Å². The monoisotopic (exact) mass is 770 g/mol. The second-order valence-electron chi connectivity index (χ2n) is 12.8. The smallest absolute Gasteiger partial charge is 0.397 e. The maximum atomic E-state index is 12.6. The van der Waals surface area contributed by atoms with Crippen LogP contribution in [0.4, 0.5) is 0 Å². The Kier molecular flexibility index (Phi) is 29.2. The number of carbonyl (C=O) groups excluding carboxylic acids is 1. The molecule has 0 bridgehead atoms. The van der Waals surface area contributed by atoms with Crippen LogP contribution in [0.15, 0.2) is 72.9 Å². The van der Waals surface area contributed by atoms with Gasteiger partial charge >= 0.3 is 16.4 Å². The van der Waals surface area contributed by atoms with Gasteiger partial charge in [0.2, 0.25) is 0 Å². The summed E-state index contributed by atoms with van der Waals surface area (Å²) in [5.74, 6) is -0.433. The average molecular weight is 771 g/mol. The third-order valence-corrected chi connectivity index (χ3v) is 8.56. The van der Waals surface area contributed by atoms with E-state index in [2.05, 4.69) is 90.9 Å². The topological polar surface area (TPSA) is 178 Å². The fourth-order valence-corrected chi connectivity index (χ4v) is 5.72. The highest BCUT2D eigenvalue weighted by atomic mass is 32.3. The largest absolute Gasteiger partial charge is 0.457 e.